The fraction of sp³-hybridized carbons (Fsp3) is 0.357. The second-order valence-electron chi connectivity index (χ2n) is 4.43. The van der Waals surface area contributed by atoms with Crippen LogP contribution in [0.3, 0.4) is 0 Å². The van der Waals surface area contributed by atoms with Gasteiger partial charge in [-0.05, 0) is 43.0 Å². The number of aliphatic carboxylic acids is 1. The van der Waals surface area contributed by atoms with Gasteiger partial charge >= 0.3 is 5.97 Å². The summed E-state index contributed by atoms with van der Waals surface area (Å²) in [4.78, 5) is 10.5. The summed E-state index contributed by atoms with van der Waals surface area (Å²) < 4.78 is 11.8. The van der Waals surface area contributed by atoms with E-state index < -0.39 is 5.97 Å². The molecule has 0 radical (unpaired) electrons. The summed E-state index contributed by atoms with van der Waals surface area (Å²) >= 11 is 3.34. The summed E-state index contributed by atoms with van der Waals surface area (Å²) in [6.07, 6.45) is 5.07. The third kappa shape index (κ3) is 5.04. The normalized spacial score (nSPS) is 14.8. The maximum Gasteiger partial charge on any atom is 0.328 e. The maximum atomic E-state index is 10.5. The number of halogens is 1. The van der Waals surface area contributed by atoms with Crippen LogP contribution in [-0.4, -0.2) is 24.5 Å². The topological polar surface area (TPSA) is 55.8 Å². The molecule has 0 unspecified atom stereocenters. The molecule has 0 aliphatic heterocycles. The molecule has 4 nitrogen and oxygen atoms in total. The van der Waals surface area contributed by atoms with Gasteiger partial charge in [-0.25, -0.2) is 4.79 Å². The largest absolute Gasteiger partial charge is 0.478 e. The smallest absolute Gasteiger partial charge is 0.328 e. The van der Waals surface area contributed by atoms with Gasteiger partial charge in [-0.1, -0.05) is 15.9 Å². The van der Waals surface area contributed by atoms with Crippen molar-refractivity contribution < 1.29 is 19.4 Å². The molecule has 19 heavy (non-hydrogen) atoms. The molecule has 0 spiro atoms. The molecule has 0 aromatic heterocycles. The molecule has 1 N–H and O–H groups in total. The van der Waals surface area contributed by atoms with Crippen LogP contribution in [0.25, 0.3) is 6.08 Å². The quantitative estimate of drug-likeness (QED) is 0.474. The van der Waals surface area contributed by atoms with Crippen LogP contribution in [0.1, 0.15) is 18.4 Å². The van der Waals surface area contributed by atoms with Gasteiger partial charge in [0.25, 0.3) is 0 Å². The lowest BCUT2D eigenvalue weighted by atomic mass is 10.2. The molecule has 1 aliphatic rings. The van der Waals surface area contributed by atoms with Crippen molar-refractivity contribution in [1.29, 1.82) is 0 Å². The predicted molar refractivity (Wildman–Crippen MR) is 75.0 cm³/mol. The molecule has 0 amide bonds. The highest BCUT2D eigenvalue weighted by molar-refractivity contribution is 9.10. The predicted octanol–water partition coefficient (Wildman–Crippen LogP) is 3.31. The van der Waals surface area contributed by atoms with Crippen LogP contribution in [0, 0.1) is 5.92 Å². The van der Waals surface area contributed by atoms with Crippen LogP contribution in [0.5, 0.6) is 5.75 Å². The van der Waals surface area contributed by atoms with Gasteiger partial charge in [0.15, 0.2) is 6.79 Å². The summed E-state index contributed by atoms with van der Waals surface area (Å²) in [7, 11) is 0. The Hall–Kier alpha value is -1.33. The Morgan fingerprint density at radius 2 is 2.26 bits per heavy atom. The number of hydrogen-bond donors (Lipinski definition) is 1. The first kappa shape index (κ1) is 14.1. The Balaban J connectivity index is 1.94. The minimum Gasteiger partial charge on any atom is -0.478 e. The second-order valence-corrected chi connectivity index (χ2v) is 5.35. The lowest BCUT2D eigenvalue weighted by Gasteiger charge is -2.10. The Morgan fingerprint density at radius 1 is 1.47 bits per heavy atom. The van der Waals surface area contributed by atoms with Gasteiger partial charge in [0.1, 0.15) is 5.75 Å². The first-order valence-electron chi connectivity index (χ1n) is 6.06. The molecule has 5 heteroatoms. The highest BCUT2D eigenvalue weighted by Gasteiger charge is 2.21. The third-order valence-corrected chi connectivity index (χ3v) is 3.22. The van der Waals surface area contributed by atoms with Crippen molar-refractivity contribution in [3.63, 3.8) is 0 Å². The molecule has 0 bridgehead atoms. The number of rotatable bonds is 7. The summed E-state index contributed by atoms with van der Waals surface area (Å²) in [6, 6.07) is 5.43. The molecule has 1 saturated carbocycles. The van der Waals surface area contributed by atoms with Crippen LogP contribution < -0.4 is 4.74 Å². The minimum absolute atomic E-state index is 0.187. The van der Waals surface area contributed by atoms with Gasteiger partial charge < -0.3 is 14.6 Å². The van der Waals surface area contributed by atoms with E-state index in [2.05, 4.69) is 15.9 Å². The molecule has 102 valence electrons. The zero-order valence-electron chi connectivity index (χ0n) is 10.3. The zero-order chi connectivity index (χ0) is 13.7. The zero-order valence-corrected chi connectivity index (χ0v) is 11.9. The highest BCUT2D eigenvalue weighted by atomic mass is 79.9. The Morgan fingerprint density at radius 3 is 2.95 bits per heavy atom. The molecule has 0 heterocycles. The Labute approximate surface area is 120 Å². The molecule has 0 saturated heterocycles. The average Bonchev–Trinajstić information content (AvgIpc) is 3.18. The minimum atomic E-state index is -0.990. The van der Waals surface area contributed by atoms with Crippen LogP contribution in [0.15, 0.2) is 28.7 Å². The van der Waals surface area contributed by atoms with Crippen molar-refractivity contribution in [1.82, 2.24) is 0 Å². The fourth-order valence-corrected chi connectivity index (χ4v) is 1.93. The molecule has 1 aromatic rings. The van der Waals surface area contributed by atoms with Gasteiger partial charge in [-0.15, -0.1) is 0 Å². The lowest BCUT2D eigenvalue weighted by molar-refractivity contribution is -0.131. The molecule has 0 atom stereocenters. The first-order chi connectivity index (χ1) is 9.15. The summed E-state index contributed by atoms with van der Waals surface area (Å²) in [6.45, 7) is 0.920. The first-order valence-corrected chi connectivity index (χ1v) is 6.85. The monoisotopic (exact) mass is 326 g/mol. The van der Waals surface area contributed by atoms with E-state index in [1.54, 1.807) is 12.1 Å². The van der Waals surface area contributed by atoms with Gasteiger partial charge in [0.05, 0.1) is 6.61 Å². The van der Waals surface area contributed by atoms with Crippen LogP contribution in [0.2, 0.25) is 0 Å². The second kappa shape index (κ2) is 6.73. The van der Waals surface area contributed by atoms with E-state index in [1.807, 2.05) is 6.07 Å². The van der Waals surface area contributed by atoms with E-state index in [9.17, 15) is 4.79 Å². The molecule has 1 aliphatic carbocycles. The average molecular weight is 327 g/mol. The fourth-order valence-electron chi connectivity index (χ4n) is 1.55. The highest BCUT2D eigenvalue weighted by Crippen LogP contribution is 2.29. The van der Waals surface area contributed by atoms with E-state index in [1.165, 1.54) is 18.9 Å². The van der Waals surface area contributed by atoms with Crippen LogP contribution >= 0.6 is 15.9 Å². The van der Waals surface area contributed by atoms with E-state index in [0.717, 1.165) is 17.2 Å². The van der Waals surface area contributed by atoms with E-state index in [4.69, 9.17) is 14.6 Å². The van der Waals surface area contributed by atoms with Crippen LogP contribution in [-0.2, 0) is 9.53 Å². The van der Waals surface area contributed by atoms with Gasteiger partial charge in [-0.3, -0.25) is 0 Å². The van der Waals surface area contributed by atoms with Crippen molar-refractivity contribution >= 4 is 28.0 Å². The molecule has 1 fully saturated rings. The van der Waals surface area contributed by atoms with Crippen molar-refractivity contribution in [3.8, 4) is 5.75 Å². The van der Waals surface area contributed by atoms with Crippen molar-refractivity contribution in [2.45, 2.75) is 12.8 Å². The molecule has 2 rings (SSSR count). The van der Waals surface area contributed by atoms with Crippen molar-refractivity contribution in [3.05, 3.63) is 34.3 Å². The van der Waals surface area contributed by atoms with Gasteiger partial charge in [-0.2, -0.15) is 0 Å². The van der Waals surface area contributed by atoms with Gasteiger partial charge in [0, 0.05) is 16.1 Å². The van der Waals surface area contributed by atoms with E-state index >= 15 is 0 Å². The summed E-state index contributed by atoms with van der Waals surface area (Å²) in [5.74, 6) is 0.312. The van der Waals surface area contributed by atoms with E-state index in [-0.39, 0.29) is 6.79 Å². The number of ether oxygens (including phenoxy) is 2. The standard InChI is InChI=1S/C14H15BrO4/c15-12-4-5-13(11(7-12)3-6-14(16)17)19-9-18-8-10-1-2-10/h3-7,10H,1-2,8-9H2,(H,16,17)/b6-3+. The number of carbonyl (C=O) groups is 1. The number of hydrogen-bond acceptors (Lipinski definition) is 3. The number of carboxylic acid groups (broad SMARTS) is 1. The Bertz CT molecular complexity index is 480. The Kier molecular flexibility index (Phi) is 4.99. The molecular formula is C14H15BrO4. The SMILES string of the molecule is O=C(O)/C=C/c1cc(Br)ccc1OCOCC1CC1. The number of carboxylic acids is 1. The van der Waals surface area contributed by atoms with E-state index in [0.29, 0.717) is 17.2 Å². The third-order valence-electron chi connectivity index (χ3n) is 2.73. The van der Waals surface area contributed by atoms with Crippen molar-refractivity contribution in [2.24, 2.45) is 5.92 Å². The van der Waals surface area contributed by atoms with Gasteiger partial charge in [0.2, 0.25) is 0 Å². The molecule has 1 aromatic carbocycles. The van der Waals surface area contributed by atoms with Crippen LogP contribution in [0.4, 0.5) is 0 Å². The maximum absolute atomic E-state index is 10.5. The summed E-state index contributed by atoms with van der Waals surface area (Å²) in [5.41, 5.74) is 0.701. The number of benzene rings is 1. The van der Waals surface area contributed by atoms with Crippen molar-refractivity contribution in [2.75, 3.05) is 13.4 Å². The lowest BCUT2D eigenvalue weighted by Crippen LogP contribution is -2.05. The molecular weight excluding hydrogens is 312 g/mol. The summed E-state index contributed by atoms with van der Waals surface area (Å²) in [5, 5.41) is 8.65.